The maximum absolute atomic E-state index is 3.84. The summed E-state index contributed by atoms with van der Waals surface area (Å²) in [7, 11) is 0. The summed E-state index contributed by atoms with van der Waals surface area (Å²) in [6, 6.07) is 0. The number of hydrogen-bond donors (Lipinski definition) is 0. The van der Waals surface area contributed by atoms with E-state index in [0.717, 1.165) is 22.6 Å². The Bertz CT molecular complexity index is 190. The van der Waals surface area contributed by atoms with Gasteiger partial charge in [-0.25, -0.2) is 0 Å². The second-order valence-corrected chi connectivity index (χ2v) is 6.94. The molecular weight excluding hydrogens is 248 g/mol. The van der Waals surface area contributed by atoms with Gasteiger partial charge in [0.2, 0.25) is 0 Å². The molecular formula is C14H25Br. The Morgan fingerprint density at radius 1 is 1.00 bits per heavy atom. The fourth-order valence-electron chi connectivity index (χ4n) is 3.92. The summed E-state index contributed by atoms with van der Waals surface area (Å²) < 4.78 is 0. The van der Waals surface area contributed by atoms with E-state index < -0.39 is 0 Å². The van der Waals surface area contributed by atoms with Crippen LogP contribution >= 0.6 is 15.9 Å². The summed E-state index contributed by atoms with van der Waals surface area (Å²) in [5.74, 6) is 3.18. The number of rotatable bonds is 2. The molecule has 88 valence electrons. The summed E-state index contributed by atoms with van der Waals surface area (Å²) in [5, 5.41) is 0. The van der Waals surface area contributed by atoms with Crippen molar-refractivity contribution in [3.05, 3.63) is 0 Å². The van der Waals surface area contributed by atoms with Gasteiger partial charge in [0, 0.05) is 4.83 Å². The van der Waals surface area contributed by atoms with Crippen LogP contribution in [-0.2, 0) is 0 Å². The molecule has 1 heteroatoms. The maximum Gasteiger partial charge on any atom is 0.0148 e. The fraction of sp³-hybridized carbons (Fsp3) is 1.00. The van der Waals surface area contributed by atoms with Crippen molar-refractivity contribution < 1.29 is 0 Å². The molecule has 0 heterocycles. The van der Waals surface area contributed by atoms with Crippen LogP contribution in [0.1, 0.15) is 64.7 Å². The smallest absolute Gasteiger partial charge is 0.0148 e. The zero-order valence-electron chi connectivity index (χ0n) is 10.1. The van der Waals surface area contributed by atoms with Crippen molar-refractivity contribution in [1.82, 2.24) is 0 Å². The lowest BCUT2D eigenvalue weighted by Crippen LogP contribution is -2.30. The number of halogens is 1. The van der Waals surface area contributed by atoms with Gasteiger partial charge in [-0.3, -0.25) is 0 Å². The molecule has 2 saturated carbocycles. The zero-order valence-corrected chi connectivity index (χ0v) is 11.6. The molecule has 0 spiro atoms. The Morgan fingerprint density at radius 2 is 1.80 bits per heavy atom. The Labute approximate surface area is 103 Å². The average Bonchev–Trinajstić information content (AvgIpc) is 2.29. The summed E-state index contributed by atoms with van der Waals surface area (Å²) in [6.45, 7) is 2.40. The molecule has 2 aliphatic carbocycles. The van der Waals surface area contributed by atoms with Gasteiger partial charge in [0.05, 0.1) is 0 Å². The van der Waals surface area contributed by atoms with Crippen LogP contribution in [0.3, 0.4) is 0 Å². The van der Waals surface area contributed by atoms with E-state index in [4.69, 9.17) is 0 Å². The maximum atomic E-state index is 3.84. The van der Waals surface area contributed by atoms with E-state index in [-0.39, 0.29) is 0 Å². The van der Waals surface area contributed by atoms with Crippen molar-refractivity contribution in [1.29, 1.82) is 0 Å². The monoisotopic (exact) mass is 272 g/mol. The second-order valence-electron chi connectivity index (χ2n) is 5.64. The molecule has 0 aromatic rings. The minimum absolute atomic E-state index is 0.829. The van der Waals surface area contributed by atoms with Gasteiger partial charge in [-0.05, 0) is 37.0 Å². The summed E-state index contributed by atoms with van der Waals surface area (Å²) >= 11 is 3.84. The van der Waals surface area contributed by atoms with Crippen LogP contribution in [0.15, 0.2) is 0 Å². The largest absolute Gasteiger partial charge is 0.0891 e. The first-order valence-electron chi connectivity index (χ1n) is 6.95. The van der Waals surface area contributed by atoms with E-state index in [0.29, 0.717) is 0 Å². The second kappa shape index (κ2) is 5.70. The SMILES string of the molecule is CCC1CCCCC1C1CCCC(Br)C1. The molecule has 0 saturated heterocycles. The van der Waals surface area contributed by atoms with E-state index in [9.17, 15) is 0 Å². The molecule has 15 heavy (non-hydrogen) atoms. The molecule has 4 unspecified atom stereocenters. The third kappa shape index (κ3) is 2.99. The van der Waals surface area contributed by atoms with Gasteiger partial charge < -0.3 is 0 Å². The highest BCUT2D eigenvalue weighted by molar-refractivity contribution is 9.09. The number of hydrogen-bond acceptors (Lipinski definition) is 0. The lowest BCUT2D eigenvalue weighted by Gasteiger charge is -2.40. The van der Waals surface area contributed by atoms with E-state index in [1.165, 1.54) is 57.8 Å². The minimum Gasteiger partial charge on any atom is -0.0891 e. The first-order valence-corrected chi connectivity index (χ1v) is 7.87. The third-order valence-electron chi connectivity index (χ3n) is 4.75. The normalized spacial score (nSPS) is 42.8. The van der Waals surface area contributed by atoms with Gasteiger partial charge in [0.25, 0.3) is 0 Å². The molecule has 2 aliphatic rings. The van der Waals surface area contributed by atoms with Gasteiger partial charge in [-0.15, -0.1) is 0 Å². The lowest BCUT2D eigenvalue weighted by atomic mass is 9.67. The third-order valence-corrected chi connectivity index (χ3v) is 5.58. The van der Waals surface area contributed by atoms with Crippen molar-refractivity contribution in [3.63, 3.8) is 0 Å². The van der Waals surface area contributed by atoms with Crippen molar-refractivity contribution in [2.45, 2.75) is 69.5 Å². The Hall–Kier alpha value is 0.480. The molecule has 0 amide bonds. The van der Waals surface area contributed by atoms with Crippen LogP contribution in [0, 0.1) is 17.8 Å². The topological polar surface area (TPSA) is 0 Å². The van der Waals surface area contributed by atoms with Crippen LogP contribution in [0.5, 0.6) is 0 Å². The Kier molecular flexibility index (Phi) is 4.54. The molecule has 0 nitrogen and oxygen atoms in total. The molecule has 2 fully saturated rings. The van der Waals surface area contributed by atoms with Crippen molar-refractivity contribution in [2.75, 3.05) is 0 Å². The Morgan fingerprint density at radius 3 is 2.53 bits per heavy atom. The standard InChI is InChI=1S/C14H25Br/c1-2-11-6-3-4-9-14(11)12-7-5-8-13(15)10-12/h11-14H,2-10H2,1H3. The molecule has 4 atom stereocenters. The quantitative estimate of drug-likeness (QED) is 0.610. The lowest BCUT2D eigenvalue weighted by molar-refractivity contribution is 0.128. The summed E-state index contributed by atoms with van der Waals surface area (Å²) in [6.07, 6.45) is 13.3. The van der Waals surface area contributed by atoms with Crippen LogP contribution < -0.4 is 0 Å². The molecule has 2 rings (SSSR count). The van der Waals surface area contributed by atoms with E-state index in [1.54, 1.807) is 0 Å². The average molecular weight is 273 g/mol. The predicted octanol–water partition coefficient (Wildman–Crippen LogP) is 5.16. The minimum atomic E-state index is 0.829. The van der Waals surface area contributed by atoms with Crippen LogP contribution in [0.25, 0.3) is 0 Å². The van der Waals surface area contributed by atoms with E-state index >= 15 is 0 Å². The van der Waals surface area contributed by atoms with Crippen molar-refractivity contribution in [3.8, 4) is 0 Å². The first kappa shape index (κ1) is 12.0. The van der Waals surface area contributed by atoms with Gasteiger partial charge in [-0.2, -0.15) is 0 Å². The van der Waals surface area contributed by atoms with Gasteiger partial charge in [0.15, 0.2) is 0 Å². The zero-order chi connectivity index (χ0) is 10.7. The first-order chi connectivity index (χ1) is 7.31. The molecule has 0 aromatic heterocycles. The van der Waals surface area contributed by atoms with Gasteiger partial charge in [0.1, 0.15) is 0 Å². The van der Waals surface area contributed by atoms with Crippen molar-refractivity contribution in [2.24, 2.45) is 17.8 Å². The summed E-state index contributed by atoms with van der Waals surface area (Å²) in [5.41, 5.74) is 0. The molecule has 0 bridgehead atoms. The van der Waals surface area contributed by atoms with Crippen LogP contribution in [0.2, 0.25) is 0 Å². The molecule has 0 aliphatic heterocycles. The van der Waals surface area contributed by atoms with Gasteiger partial charge >= 0.3 is 0 Å². The van der Waals surface area contributed by atoms with Crippen LogP contribution in [-0.4, -0.2) is 4.83 Å². The highest BCUT2D eigenvalue weighted by atomic mass is 79.9. The number of alkyl halides is 1. The Balaban J connectivity index is 1.94. The molecule has 0 N–H and O–H groups in total. The highest BCUT2D eigenvalue weighted by Crippen LogP contribution is 2.43. The molecule has 0 radical (unpaired) electrons. The van der Waals surface area contributed by atoms with E-state index in [1.807, 2.05) is 0 Å². The highest BCUT2D eigenvalue weighted by Gasteiger charge is 2.33. The van der Waals surface area contributed by atoms with E-state index in [2.05, 4.69) is 22.9 Å². The van der Waals surface area contributed by atoms with Gasteiger partial charge in [-0.1, -0.05) is 61.4 Å². The van der Waals surface area contributed by atoms with Crippen molar-refractivity contribution >= 4 is 15.9 Å². The fourth-order valence-corrected chi connectivity index (χ4v) is 4.72. The van der Waals surface area contributed by atoms with Crippen LogP contribution in [0.4, 0.5) is 0 Å². The molecule has 0 aromatic carbocycles. The predicted molar refractivity (Wildman–Crippen MR) is 70.4 cm³/mol. The summed E-state index contributed by atoms with van der Waals surface area (Å²) in [4.78, 5) is 0.829.